The Morgan fingerprint density at radius 1 is 1.26 bits per heavy atom. The molecule has 6 heteroatoms. The first-order valence-corrected chi connectivity index (χ1v) is 9.97. The van der Waals surface area contributed by atoms with Gasteiger partial charge in [0.1, 0.15) is 0 Å². The van der Waals surface area contributed by atoms with Gasteiger partial charge in [0.15, 0.2) is 11.5 Å². The Labute approximate surface area is 162 Å². The first kappa shape index (κ1) is 17.7. The lowest BCUT2D eigenvalue weighted by Crippen LogP contribution is -2.13. The number of aromatic nitrogens is 1. The molecule has 1 aromatic carbocycles. The molecule has 2 aromatic heterocycles. The van der Waals surface area contributed by atoms with E-state index in [1.807, 2.05) is 30.5 Å². The van der Waals surface area contributed by atoms with E-state index in [9.17, 15) is 4.79 Å². The van der Waals surface area contributed by atoms with E-state index >= 15 is 0 Å². The summed E-state index contributed by atoms with van der Waals surface area (Å²) < 4.78 is 13.1. The molecular weight excluding hydrogens is 360 g/mol. The molecule has 5 nitrogen and oxygen atoms in total. The maximum absolute atomic E-state index is 12.3. The van der Waals surface area contributed by atoms with E-state index in [4.69, 9.17) is 15.2 Å². The molecule has 1 aliphatic rings. The zero-order valence-corrected chi connectivity index (χ0v) is 16.3. The predicted octanol–water partition coefficient (Wildman–Crippen LogP) is 4.35. The van der Waals surface area contributed by atoms with Crippen molar-refractivity contribution in [2.24, 2.45) is 5.73 Å². The van der Waals surface area contributed by atoms with Crippen molar-refractivity contribution >= 4 is 17.2 Å². The summed E-state index contributed by atoms with van der Waals surface area (Å²) in [5.41, 5.74) is 11.6. The molecule has 1 amide bonds. The Morgan fingerprint density at radius 3 is 2.78 bits per heavy atom. The summed E-state index contributed by atoms with van der Waals surface area (Å²) in [6.07, 6.45) is 1.86. The molecule has 0 aliphatic carbocycles. The number of carbonyl (C=O) groups is 1. The van der Waals surface area contributed by atoms with Crippen molar-refractivity contribution in [1.29, 1.82) is 0 Å². The van der Waals surface area contributed by atoms with Gasteiger partial charge in [-0.1, -0.05) is 19.4 Å². The van der Waals surface area contributed by atoms with E-state index in [2.05, 4.69) is 22.9 Å². The van der Waals surface area contributed by atoms with Crippen molar-refractivity contribution in [2.75, 3.05) is 6.79 Å². The number of thiophene rings is 1. The molecule has 0 saturated heterocycles. The van der Waals surface area contributed by atoms with Crippen LogP contribution in [0, 0.1) is 6.92 Å². The van der Waals surface area contributed by atoms with Gasteiger partial charge in [0.2, 0.25) is 6.79 Å². The van der Waals surface area contributed by atoms with Crippen molar-refractivity contribution in [3.05, 3.63) is 57.5 Å². The van der Waals surface area contributed by atoms with E-state index in [0.717, 1.165) is 52.4 Å². The standard InChI is InChI=1S/C21H22N2O3S/c1-3-4-16-20(15-7-8-27-11-15)19(21(22)24)13(2)23(16)10-14-5-6-17-18(9-14)26-12-25-17/h5-9,11H,3-4,10,12H2,1-2H3,(H2,22,24). The minimum Gasteiger partial charge on any atom is -0.454 e. The molecule has 3 heterocycles. The summed E-state index contributed by atoms with van der Waals surface area (Å²) in [6, 6.07) is 8.03. The highest BCUT2D eigenvalue weighted by atomic mass is 32.1. The number of amides is 1. The fraction of sp³-hybridized carbons (Fsp3) is 0.286. The number of rotatable bonds is 6. The van der Waals surface area contributed by atoms with Gasteiger partial charge >= 0.3 is 0 Å². The first-order valence-electron chi connectivity index (χ1n) is 9.03. The molecule has 3 aromatic rings. The van der Waals surface area contributed by atoms with Crippen molar-refractivity contribution in [2.45, 2.75) is 33.2 Å². The number of ether oxygens (including phenoxy) is 2. The number of nitrogens with two attached hydrogens (primary N) is 1. The lowest BCUT2D eigenvalue weighted by molar-refractivity contribution is 0.1000. The number of benzene rings is 1. The molecule has 27 heavy (non-hydrogen) atoms. The molecule has 140 valence electrons. The third-order valence-corrected chi connectivity index (χ3v) is 5.64. The largest absolute Gasteiger partial charge is 0.454 e. The van der Waals surface area contributed by atoms with E-state index in [1.165, 1.54) is 0 Å². The van der Waals surface area contributed by atoms with E-state index in [0.29, 0.717) is 12.1 Å². The van der Waals surface area contributed by atoms with E-state index in [-0.39, 0.29) is 12.7 Å². The van der Waals surface area contributed by atoms with Crippen LogP contribution in [-0.4, -0.2) is 17.3 Å². The van der Waals surface area contributed by atoms with Crippen LogP contribution in [0.5, 0.6) is 11.5 Å². The van der Waals surface area contributed by atoms with Crippen molar-refractivity contribution in [3.8, 4) is 22.6 Å². The normalized spacial score (nSPS) is 12.5. The van der Waals surface area contributed by atoms with E-state index in [1.54, 1.807) is 11.3 Å². The minimum absolute atomic E-state index is 0.260. The third kappa shape index (κ3) is 3.10. The van der Waals surface area contributed by atoms with E-state index < -0.39 is 0 Å². The van der Waals surface area contributed by atoms with Crippen molar-refractivity contribution < 1.29 is 14.3 Å². The highest BCUT2D eigenvalue weighted by Gasteiger charge is 2.25. The Bertz CT molecular complexity index is 990. The van der Waals surface area contributed by atoms with Crippen LogP contribution in [0.2, 0.25) is 0 Å². The highest BCUT2D eigenvalue weighted by Crippen LogP contribution is 2.37. The Balaban J connectivity index is 1.84. The van der Waals surface area contributed by atoms with Gasteiger partial charge in [-0.3, -0.25) is 4.79 Å². The second-order valence-corrected chi connectivity index (χ2v) is 7.46. The lowest BCUT2D eigenvalue weighted by atomic mass is 10.0. The number of nitrogens with zero attached hydrogens (tertiary/aromatic N) is 1. The molecule has 2 N–H and O–H groups in total. The van der Waals surface area contributed by atoms with Gasteiger partial charge in [0.05, 0.1) is 5.56 Å². The van der Waals surface area contributed by atoms with Gasteiger partial charge in [0, 0.05) is 23.5 Å². The third-order valence-electron chi connectivity index (χ3n) is 4.95. The number of hydrogen-bond acceptors (Lipinski definition) is 4. The number of hydrogen-bond donors (Lipinski definition) is 1. The van der Waals surface area contributed by atoms with Crippen LogP contribution >= 0.6 is 11.3 Å². The minimum atomic E-state index is -0.379. The Kier molecular flexibility index (Phi) is 4.66. The molecule has 0 bridgehead atoms. The number of primary amides is 1. The molecule has 0 radical (unpaired) electrons. The van der Waals surface area contributed by atoms with Crippen LogP contribution < -0.4 is 15.2 Å². The molecule has 0 saturated carbocycles. The molecule has 1 aliphatic heterocycles. The van der Waals surface area contributed by atoms with Gasteiger partial charge in [0.25, 0.3) is 5.91 Å². The monoisotopic (exact) mass is 382 g/mol. The molecule has 4 rings (SSSR count). The summed E-state index contributed by atoms with van der Waals surface area (Å²) in [4.78, 5) is 12.3. The van der Waals surface area contributed by atoms with Gasteiger partial charge in [-0.25, -0.2) is 0 Å². The smallest absolute Gasteiger partial charge is 0.251 e. The molecule has 0 atom stereocenters. The van der Waals surface area contributed by atoms with Crippen molar-refractivity contribution in [1.82, 2.24) is 4.57 Å². The molecule has 0 spiro atoms. The van der Waals surface area contributed by atoms with Crippen LogP contribution in [0.3, 0.4) is 0 Å². The average Bonchev–Trinajstić information content (AvgIpc) is 3.36. The SMILES string of the molecule is CCCc1c(-c2ccsc2)c(C(N)=O)c(C)n1Cc1ccc2c(c1)OCO2. The zero-order valence-electron chi connectivity index (χ0n) is 15.5. The Hall–Kier alpha value is -2.73. The van der Waals surface area contributed by atoms with Crippen LogP contribution in [-0.2, 0) is 13.0 Å². The van der Waals surface area contributed by atoms with Gasteiger partial charge in [-0.05, 0) is 53.4 Å². The first-order chi connectivity index (χ1) is 13.1. The average molecular weight is 382 g/mol. The lowest BCUT2D eigenvalue weighted by Gasteiger charge is -2.13. The fourth-order valence-electron chi connectivity index (χ4n) is 3.75. The summed E-state index contributed by atoms with van der Waals surface area (Å²) in [5, 5.41) is 4.10. The van der Waals surface area contributed by atoms with Gasteiger partial charge in [-0.2, -0.15) is 11.3 Å². The maximum atomic E-state index is 12.3. The predicted molar refractivity (Wildman–Crippen MR) is 107 cm³/mol. The fourth-order valence-corrected chi connectivity index (χ4v) is 4.40. The Morgan fingerprint density at radius 2 is 2.07 bits per heavy atom. The van der Waals surface area contributed by atoms with Crippen LogP contribution in [0.15, 0.2) is 35.0 Å². The van der Waals surface area contributed by atoms with Crippen molar-refractivity contribution in [3.63, 3.8) is 0 Å². The second kappa shape index (κ2) is 7.12. The highest BCUT2D eigenvalue weighted by molar-refractivity contribution is 7.08. The number of carbonyl (C=O) groups excluding carboxylic acids is 1. The molecule has 0 unspecified atom stereocenters. The summed E-state index contributed by atoms with van der Waals surface area (Å²) in [7, 11) is 0. The summed E-state index contributed by atoms with van der Waals surface area (Å²) in [6.45, 7) is 5.04. The summed E-state index contributed by atoms with van der Waals surface area (Å²) >= 11 is 1.62. The van der Waals surface area contributed by atoms with Crippen LogP contribution in [0.4, 0.5) is 0 Å². The molecule has 0 fully saturated rings. The van der Waals surface area contributed by atoms with Crippen LogP contribution in [0.1, 0.15) is 40.7 Å². The molecular formula is C21H22N2O3S. The quantitative estimate of drug-likeness (QED) is 0.689. The van der Waals surface area contributed by atoms with Gasteiger partial charge in [-0.15, -0.1) is 0 Å². The van der Waals surface area contributed by atoms with Gasteiger partial charge < -0.3 is 19.8 Å². The maximum Gasteiger partial charge on any atom is 0.251 e. The zero-order chi connectivity index (χ0) is 19.0. The number of fused-ring (bicyclic) bond motifs is 1. The topological polar surface area (TPSA) is 66.5 Å². The second-order valence-electron chi connectivity index (χ2n) is 6.68. The summed E-state index contributed by atoms with van der Waals surface area (Å²) in [5.74, 6) is 1.16. The van der Waals surface area contributed by atoms with Crippen LogP contribution in [0.25, 0.3) is 11.1 Å².